The maximum absolute atomic E-state index is 13.1. The summed E-state index contributed by atoms with van der Waals surface area (Å²) in [7, 11) is 1.41. The number of nitrogens with one attached hydrogen (secondary N) is 1. The summed E-state index contributed by atoms with van der Waals surface area (Å²) in [6.45, 7) is 0. The number of nitrogens with zero attached hydrogens (tertiary/aromatic N) is 3. The molecule has 0 saturated heterocycles. The first-order valence-electron chi connectivity index (χ1n) is 8.45. The maximum atomic E-state index is 13.1. The minimum Gasteiger partial charge on any atom is -0.393 e. The maximum Gasteiger partial charge on any atom is 0.436 e. The number of hydrogen-bond acceptors (Lipinski definition) is 4. The molecule has 0 aromatic carbocycles. The van der Waals surface area contributed by atoms with Crippen LogP contribution in [0.25, 0.3) is 0 Å². The Kier molecular flexibility index (Phi) is 5.63. The number of anilines is 1. The second-order valence-corrected chi connectivity index (χ2v) is 6.90. The van der Waals surface area contributed by atoms with Gasteiger partial charge in [0.25, 0.3) is 0 Å². The highest BCUT2D eigenvalue weighted by molar-refractivity contribution is 6.29. The molecule has 2 N–H and O–H groups in total. The lowest BCUT2D eigenvalue weighted by Gasteiger charge is -2.27. The number of halogens is 4. The highest BCUT2D eigenvalue weighted by atomic mass is 35.5. The van der Waals surface area contributed by atoms with Gasteiger partial charge in [0.1, 0.15) is 5.15 Å². The highest BCUT2D eigenvalue weighted by Crippen LogP contribution is 2.30. The lowest BCUT2D eigenvalue weighted by molar-refractivity contribution is -0.141. The third-order valence-electron chi connectivity index (χ3n) is 4.36. The minimum absolute atomic E-state index is 0.136. The largest absolute Gasteiger partial charge is 0.436 e. The Hall–Kier alpha value is -2.24. The van der Waals surface area contributed by atoms with Crippen molar-refractivity contribution >= 4 is 17.3 Å². The normalized spacial score (nSPS) is 20.1. The molecule has 1 saturated carbocycles. The van der Waals surface area contributed by atoms with Crippen molar-refractivity contribution in [1.82, 2.24) is 14.8 Å². The quantitative estimate of drug-likeness (QED) is 0.599. The molecule has 3 rings (SSSR count). The van der Waals surface area contributed by atoms with Gasteiger partial charge in [0.15, 0.2) is 5.69 Å². The fraction of sp³-hybridized carbons (Fsp3) is 0.444. The zero-order chi connectivity index (χ0) is 19.6. The third-order valence-corrected chi connectivity index (χ3v) is 4.56. The molecule has 0 spiro atoms. The summed E-state index contributed by atoms with van der Waals surface area (Å²) < 4.78 is 40.2. The Morgan fingerprint density at radius 1 is 1.22 bits per heavy atom. The van der Waals surface area contributed by atoms with Crippen molar-refractivity contribution in [2.75, 3.05) is 5.32 Å². The molecule has 2 aromatic heterocycles. The fourth-order valence-corrected chi connectivity index (χ4v) is 3.17. The van der Waals surface area contributed by atoms with Gasteiger partial charge in [-0.1, -0.05) is 23.4 Å². The number of aliphatic hydroxyl groups is 1. The number of pyridine rings is 1. The van der Waals surface area contributed by atoms with Crippen molar-refractivity contribution in [3.8, 4) is 11.8 Å². The molecule has 0 aliphatic heterocycles. The van der Waals surface area contributed by atoms with Gasteiger partial charge >= 0.3 is 6.18 Å². The lowest BCUT2D eigenvalue weighted by atomic mass is 9.93. The number of aromatic nitrogens is 3. The smallest absolute Gasteiger partial charge is 0.393 e. The second kappa shape index (κ2) is 7.79. The van der Waals surface area contributed by atoms with Gasteiger partial charge in [0, 0.05) is 25.5 Å². The first-order chi connectivity index (χ1) is 12.7. The predicted molar refractivity (Wildman–Crippen MR) is 95.3 cm³/mol. The van der Waals surface area contributed by atoms with Crippen LogP contribution >= 0.6 is 11.6 Å². The number of alkyl halides is 3. The molecule has 5 nitrogen and oxygen atoms in total. The molecular formula is C18H18ClF3N4O. The first-order valence-corrected chi connectivity index (χ1v) is 8.83. The summed E-state index contributed by atoms with van der Waals surface area (Å²) in [5.74, 6) is 5.29. The van der Waals surface area contributed by atoms with E-state index in [1.54, 1.807) is 6.07 Å². The molecule has 27 heavy (non-hydrogen) atoms. The lowest BCUT2D eigenvalue weighted by Crippen LogP contribution is -2.28. The van der Waals surface area contributed by atoms with Crippen molar-refractivity contribution in [1.29, 1.82) is 0 Å². The molecule has 2 aromatic rings. The Morgan fingerprint density at radius 2 is 1.89 bits per heavy atom. The Bertz CT molecular complexity index is 877. The van der Waals surface area contributed by atoms with E-state index in [0.29, 0.717) is 24.1 Å². The molecule has 0 bridgehead atoms. The zero-order valence-corrected chi connectivity index (χ0v) is 15.3. The fourth-order valence-electron chi connectivity index (χ4n) is 3.01. The average Bonchev–Trinajstić information content (AvgIpc) is 2.97. The van der Waals surface area contributed by atoms with E-state index in [9.17, 15) is 18.3 Å². The van der Waals surface area contributed by atoms with Crippen LogP contribution in [0.2, 0.25) is 5.15 Å². The van der Waals surface area contributed by atoms with Crippen molar-refractivity contribution in [2.24, 2.45) is 7.05 Å². The van der Waals surface area contributed by atoms with Crippen LogP contribution in [-0.2, 0) is 13.2 Å². The van der Waals surface area contributed by atoms with E-state index >= 15 is 0 Å². The number of aryl methyl sites for hydroxylation is 1. The van der Waals surface area contributed by atoms with Crippen LogP contribution in [0.1, 0.15) is 42.5 Å². The van der Waals surface area contributed by atoms with Crippen LogP contribution in [0.15, 0.2) is 18.5 Å². The Morgan fingerprint density at radius 3 is 2.56 bits per heavy atom. The summed E-state index contributed by atoms with van der Waals surface area (Å²) in [6.07, 6.45) is 0.768. The highest BCUT2D eigenvalue weighted by Gasteiger charge is 2.36. The summed E-state index contributed by atoms with van der Waals surface area (Å²) in [4.78, 5) is 3.97. The van der Waals surface area contributed by atoms with E-state index in [0.717, 1.165) is 17.5 Å². The molecule has 0 radical (unpaired) electrons. The van der Waals surface area contributed by atoms with E-state index in [1.165, 1.54) is 19.4 Å². The Balaban J connectivity index is 1.88. The SMILES string of the molecule is Cn1cc(C#Cc2cnc(Cl)cc2NC2CCC(O)CC2)c(C(F)(F)F)n1. The molecule has 0 atom stereocenters. The van der Waals surface area contributed by atoms with Crippen LogP contribution in [-0.4, -0.2) is 32.0 Å². The summed E-state index contributed by atoms with van der Waals surface area (Å²) in [6, 6.07) is 1.74. The van der Waals surface area contributed by atoms with Gasteiger partial charge in [0.05, 0.1) is 22.9 Å². The van der Waals surface area contributed by atoms with Gasteiger partial charge in [-0.15, -0.1) is 0 Å². The predicted octanol–water partition coefficient (Wildman–Crippen LogP) is 3.60. The molecule has 9 heteroatoms. The summed E-state index contributed by atoms with van der Waals surface area (Å²) >= 11 is 5.96. The van der Waals surface area contributed by atoms with Crippen LogP contribution in [0, 0.1) is 11.8 Å². The van der Waals surface area contributed by atoms with Crippen molar-refractivity contribution in [3.63, 3.8) is 0 Å². The third kappa shape index (κ3) is 4.93. The van der Waals surface area contributed by atoms with E-state index in [1.807, 2.05) is 0 Å². The van der Waals surface area contributed by atoms with Crippen LogP contribution in [0.4, 0.5) is 18.9 Å². The first kappa shape index (κ1) is 19.5. The monoisotopic (exact) mass is 398 g/mol. The molecule has 1 fully saturated rings. The van der Waals surface area contributed by atoms with E-state index < -0.39 is 11.9 Å². The number of hydrogen-bond donors (Lipinski definition) is 2. The summed E-state index contributed by atoms with van der Waals surface area (Å²) in [5, 5.41) is 16.6. The van der Waals surface area contributed by atoms with Gasteiger partial charge in [-0.25, -0.2) is 4.98 Å². The van der Waals surface area contributed by atoms with Crippen molar-refractivity contribution in [2.45, 2.75) is 44.0 Å². The second-order valence-electron chi connectivity index (χ2n) is 6.52. The van der Waals surface area contributed by atoms with Crippen molar-refractivity contribution in [3.05, 3.63) is 40.4 Å². The molecule has 2 heterocycles. The van der Waals surface area contributed by atoms with Gasteiger partial charge in [-0.05, 0) is 31.7 Å². The van der Waals surface area contributed by atoms with Crippen LogP contribution in [0.5, 0.6) is 0 Å². The van der Waals surface area contributed by atoms with Gasteiger partial charge in [-0.2, -0.15) is 18.3 Å². The molecule has 0 amide bonds. The minimum atomic E-state index is -4.58. The summed E-state index contributed by atoms with van der Waals surface area (Å²) in [5.41, 5.74) is -0.161. The molecule has 1 aliphatic rings. The van der Waals surface area contributed by atoms with E-state index in [-0.39, 0.29) is 22.9 Å². The molecule has 144 valence electrons. The topological polar surface area (TPSA) is 63.0 Å². The van der Waals surface area contributed by atoms with E-state index in [4.69, 9.17) is 11.6 Å². The molecular weight excluding hydrogens is 381 g/mol. The van der Waals surface area contributed by atoms with E-state index in [2.05, 4.69) is 27.2 Å². The number of rotatable bonds is 2. The average molecular weight is 399 g/mol. The van der Waals surface area contributed by atoms with Gasteiger partial charge in [0.2, 0.25) is 0 Å². The Labute approximate surface area is 159 Å². The van der Waals surface area contributed by atoms with Crippen molar-refractivity contribution < 1.29 is 18.3 Å². The number of aliphatic hydroxyl groups excluding tert-OH is 1. The zero-order valence-electron chi connectivity index (χ0n) is 14.5. The van der Waals surface area contributed by atoms with Gasteiger partial charge in [-0.3, -0.25) is 4.68 Å². The van der Waals surface area contributed by atoms with Gasteiger partial charge < -0.3 is 10.4 Å². The van der Waals surface area contributed by atoms with Crippen LogP contribution in [0.3, 0.4) is 0 Å². The molecule has 0 unspecified atom stereocenters. The molecule has 1 aliphatic carbocycles. The standard InChI is InChI=1S/C18H18ClF3N4O/c1-26-10-12(17(25-26)18(20,21)22)3-2-11-9-23-16(19)8-15(11)24-13-4-6-14(27)7-5-13/h8-10,13-14,27H,4-7H2,1H3,(H,23,24). The van der Waals surface area contributed by atoms with Crippen LogP contribution < -0.4 is 5.32 Å².